The second-order valence-electron chi connectivity index (χ2n) is 7.28. The first-order valence-corrected chi connectivity index (χ1v) is 9.08. The fourth-order valence-electron chi connectivity index (χ4n) is 3.99. The first-order chi connectivity index (χ1) is 11.6. The molecule has 2 amide bonds. The molecule has 2 fully saturated rings. The highest BCUT2D eigenvalue weighted by molar-refractivity contribution is 5.98. The van der Waals surface area contributed by atoms with Crippen LogP contribution >= 0.6 is 0 Å². The number of piperidine rings is 1. The maximum atomic E-state index is 12.6. The molecule has 3 aliphatic rings. The minimum absolute atomic E-state index is 0.0175. The third-order valence-electron chi connectivity index (χ3n) is 5.55. The predicted octanol–water partition coefficient (Wildman–Crippen LogP) is 1.95. The number of benzene rings is 1. The topological polar surface area (TPSA) is 52.7 Å². The Bertz CT molecular complexity index is 661. The van der Waals surface area contributed by atoms with Gasteiger partial charge in [-0.3, -0.25) is 9.59 Å². The van der Waals surface area contributed by atoms with E-state index in [0.717, 1.165) is 56.2 Å². The van der Waals surface area contributed by atoms with E-state index in [0.29, 0.717) is 5.56 Å². The first kappa shape index (κ1) is 15.6. The molecule has 2 aliphatic heterocycles. The number of carbonyl (C=O) groups is 2. The molecule has 0 atom stereocenters. The van der Waals surface area contributed by atoms with Gasteiger partial charge in [-0.15, -0.1) is 0 Å². The number of hydrogen-bond acceptors (Lipinski definition) is 3. The number of rotatable bonds is 3. The fourth-order valence-corrected chi connectivity index (χ4v) is 3.99. The maximum absolute atomic E-state index is 12.6. The summed E-state index contributed by atoms with van der Waals surface area (Å²) in [5.41, 5.74) is 2.77. The Balaban J connectivity index is 1.38. The van der Waals surface area contributed by atoms with Gasteiger partial charge in [0, 0.05) is 49.9 Å². The molecule has 1 aromatic rings. The van der Waals surface area contributed by atoms with Gasteiger partial charge in [0.1, 0.15) is 0 Å². The molecule has 0 radical (unpaired) electrons. The average molecular weight is 327 g/mol. The summed E-state index contributed by atoms with van der Waals surface area (Å²) in [6, 6.07) is 6.81. The van der Waals surface area contributed by atoms with Crippen molar-refractivity contribution in [2.45, 2.75) is 51.1 Å². The van der Waals surface area contributed by atoms with Crippen LogP contribution < -0.4 is 10.2 Å². The van der Waals surface area contributed by atoms with Gasteiger partial charge in [0.2, 0.25) is 5.91 Å². The first-order valence-electron chi connectivity index (χ1n) is 9.08. The molecule has 128 valence electrons. The van der Waals surface area contributed by atoms with Gasteiger partial charge in [0.15, 0.2) is 0 Å². The highest BCUT2D eigenvalue weighted by atomic mass is 16.2. The molecule has 1 saturated carbocycles. The van der Waals surface area contributed by atoms with Gasteiger partial charge in [-0.2, -0.15) is 0 Å². The van der Waals surface area contributed by atoms with E-state index in [2.05, 4.69) is 10.2 Å². The van der Waals surface area contributed by atoms with Crippen molar-refractivity contribution in [2.75, 3.05) is 24.5 Å². The molecule has 24 heavy (non-hydrogen) atoms. The van der Waals surface area contributed by atoms with Gasteiger partial charge in [0.05, 0.1) is 0 Å². The maximum Gasteiger partial charge on any atom is 0.251 e. The van der Waals surface area contributed by atoms with Crippen molar-refractivity contribution in [1.82, 2.24) is 10.2 Å². The SMILES string of the molecule is CC(=O)N1CCc2cc(C(=O)NC3CCN(C4CC4)CC3)ccc21. The summed E-state index contributed by atoms with van der Waals surface area (Å²) in [6.45, 7) is 4.51. The standard InChI is InChI=1S/C19H25N3O2/c1-13(23)22-11-6-14-12-15(2-5-18(14)22)19(24)20-16-7-9-21(10-8-16)17-3-4-17/h2,5,12,16-17H,3-4,6-11H2,1H3,(H,20,24). The third-order valence-corrected chi connectivity index (χ3v) is 5.55. The highest BCUT2D eigenvalue weighted by Crippen LogP contribution is 2.30. The van der Waals surface area contributed by atoms with E-state index in [1.54, 1.807) is 11.8 Å². The zero-order valence-corrected chi connectivity index (χ0v) is 14.3. The molecule has 0 spiro atoms. The van der Waals surface area contributed by atoms with Crippen molar-refractivity contribution < 1.29 is 9.59 Å². The van der Waals surface area contributed by atoms with Crippen molar-refractivity contribution >= 4 is 17.5 Å². The van der Waals surface area contributed by atoms with Gasteiger partial charge in [-0.25, -0.2) is 0 Å². The van der Waals surface area contributed by atoms with E-state index in [1.807, 2.05) is 18.2 Å². The lowest BCUT2D eigenvalue weighted by Gasteiger charge is -2.32. The number of fused-ring (bicyclic) bond motifs is 1. The Kier molecular flexibility index (Phi) is 4.04. The summed E-state index contributed by atoms with van der Waals surface area (Å²) < 4.78 is 0. The average Bonchev–Trinajstić information content (AvgIpc) is 3.33. The Labute approximate surface area is 143 Å². The number of amides is 2. The molecule has 1 saturated heterocycles. The molecule has 0 bridgehead atoms. The van der Waals surface area contributed by atoms with E-state index in [9.17, 15) is 9.59 Å². The van der Waals surface area contributed by atoms with Crippen molar-refractivity contribution in [3.63, 3.8) is 0 Å². The van der Waals surface area contributed by atoms with Gasteiger partial charge in [-0.1, -0.05) is 0 Å². The van der Waals surface area contributed by atoms with E-state index in [1.165, 1.54) is 12.8 Å². The van der Waals surface area contributed by atoms with E-state index in [-0.39, 0.29) is 17.9 Å². The van der Waals surface area contributed by atoms with Crippen LogP contribution in [0.1, 0.15) is 48.5 Å². The normalized spacial score (nSPS) is 21.6. The van der Waals surface area contributed by atoms with Crippen LogP contribution in [0.25, 0.3) is 0 Å². The van der Waals surface area contributed by atoms with E-state index >= 15 is 0 Å². The number of anilines is 1. The molecular formula is C19H25N3O2. The van der Waals surface area contributed by atoms with Crippen molar-refractivity contribution in [3.8, 4) is 0 Å². The van der Waals surface area contributed by atoms with Crippen LogP contribution in [0.3, 0.4) is 0 Å². The zero-order chi connectivity index (χ0) is 16.7. The van der Waals surface area contributed by atoms with Gasteiger partial charge in [-0.05, 0) is 55.9 Å². The molecular weight excluding hydrogens is 302 g/mol. The third kappa shape index (κ3) is 3.05. The molecule has 1 aromatic carbocycles. The quantitative estimate of drug-likeness (QED) is 0.923. The lowest BCUT2D eigenvalue weighted by Crippen LogP contribution is -2.45. The number of carbonyl (C=O) groups excluding carboxylic acids is 2. The summed E-state index contributed by atoms with van der Waals surface area (Å²) in [5.74, 6) is 0.0809. The summed E-state index contributed by atoms with van der Waals surface area (Å²) in [5, 5.41) is 3.19. The minimum atomic E-state index is 0.0175. The van der Waals surface area contributed by atoms with Crippen LogP contribution in [-0.2, 0) is 11.2 Å². The van der Waals surface area contributed by atoms with E-state index < -0.39 is 0 Å². The van der Waals surface area contributed by atoms with Gasteiger partial charge >= 0.3 is 0 Å². The van der Waals surface area contributed by atoms with Crippen molar-refractivity contribution in [1.29, 1.82) is 0 Å². The molecule has 5 heteroatoms. The Morgan fingerprint density at radius 3 is 2.50 bits per heavy atom. The lowest BCUT2D eigenvalue weighted by molar-refractivity contribution is -0.116. The zero-order valence-electron chi connectivity index (χ0n) is 14.3. The molecule has 2 heterocycles. The number of likely N-dealkylation sites (tertiary alicyclic amines) is 1. The highest BCUT2D eigenvalue weighted by Gasteiger charge is 2.32. The van der Waals surface area contributed by atoms with Gasteiger partial charge < -0.3 is 15.1 Å². The van der Waals surface area contributed by atoms with Crippen LogP contribution in [0, 0.1) is 0 Å². The number of nitrogens with zero attached hydrogens (tertiary/aromatic N) is 2. The molecule has 1 aliphatic carbocycles. The second kappa shape index (κ2) is 6.20. The summed E-state index contributed by atoms with van der Waals surface area (Å²) >= 11 is 0. The molecule has 4 rings (SSSR count). The smallest absolute Gasteiger partial charge is 0.251 e. The monoisotopic (exact) mass is 327 g/mol. The summed E-state index contributed by atoms with van der Waals surface area (Å²) in [6.07, 6.45) is 5.62. The summed E-state index contributed by atoms with van der Waals surface area (Å²) in [4.78, 5) is 28.5. The Morgan fingerprint density at radius 2 is 1.83 bits per heavy atom. The van der Waals surface area contributed by atoms with Crippen LogP contribution in [-0.4, -0.2) is 48.4 Å². The Morgan fingerprint density at radius 1 is 1.08 bits per heavy atom. The van der Waals surface area contributed by atoms with E-state index in [4.69, 9.17) is 0 Å². The van der Waals surface area contributed by atoms with Crippen LogP contribution in [0.4, 0.5) is 5.69 Å². The number of nitrogens with one attached hydrogen (secondary N) is 1. The van der Waals surface area contributed by atoms with Crippen molar-refractivity contribution in [3.05, 3.63) is 29.3 Å². The fraction of sp³-hybridized carbons (Fsp3) is 0.579. The van der Waals surface area contributed by atoms with Crippen LogP contribution in [0.5, 0.6) is 0 Å². The molecule has 1 N–H and O–H groups in total. The minimum Gasteiger partial charge on any atom is -0.349 e. The van der Waals surface area contributed by atoms with Gasteiger partial charge in [0.25, 0.3) is 5.91 Å². The number of hydrogen-bond donors (Lipinski definition) is 1. The molecule has 0 unspecified atom stereocenters. The largest absolute Gasteiger partial charge is 0.349 e. The predicted molar refractivity (Wildman–Crippen MR) is 93.3 cm³/mol. The lowest BCUT2D eigenvalue weighted by atomic mass is 10.0. The molecule has 0 aromatic heterocycles. The van der Waals surface area contributed by atoms with Crippen LogP contribution in [0.2, 0.25) is 0 Å². The Hall–Kier alpha value is -1.88. The van der Waals surface area contributed by atoms with Crippen molar-refractivity contribution in [2.24, 2.45) is 0 Å². The van der Waals surface area contributed by atoms with Crippen LogP contribution in [0.15, 0.2) is 18.2 Å². The summed E-state index contributed by atoms with van der Waals surface area (Å²) in [7, 11) is 0. The second-order valence-corrected chi connectivity index (χ2v) is 7.28. The molecule has 5 nitrogen and oxygen atoms in total.